The third kappa shape index (κ3) is 9.37. The van der Waals surface area contributed by atoms with Gasteiger partial charge in [0.05, 0.1) is 13.2 Å². The maximum absolute atomic E-state index is 5.94. The lowest BCUT2D eigenvalue weighted by atomic mass is 10.0. The Morgan fingerprint density at radius 3 is 1.61 bits per heavy atom. The molecule has 0 bridgehead atoms. The number of pyridine rings is 1. The lowest BCUT2D eigenvalue weighted by Gasteiger charge is -2.09. The number of aromatic nitrogens is 1. The van der Waals surface area contributed by atoms with Gasteiger partial charge in [0.2, 0.25) is 0 Å². The topological polar surface area (TPSA) is 31.4 Å². The zero-order valence-corrected chi connectivity index (χ0v) is 23.0. The van der Waals surface area contributed by atoms with Crippen molar-refractivity contribution in [1.29, 1.82) is 0 Å². The fourth-order valence-corrected chi connectivity index (χ4v) is 4.46. The molecule has 0 aliphatic rings. The van der Waals surface area contributed by atoms with Gasteiger partial charge in [0.15, 0.2) is 0 Å². The molecule has 0 aliphatic carbocycles. The first-order valence-corrected chi connectivity index (χ1v) is 14.1. The van der Waals surface area contributed by atoms with Crippen LogP contribution in [-0.2, 0) is 12.8 Å². The molecular formula is C35H41NO2. The van der Waals surface area contributed by atoms with Gasteiger partial charge >= 0.3 is 0 Å². The van der Waals surface area contributed by atoms with Gasteiger partial charge in [0.1, 0.15) is 11.5 Å². The Morgan fingerprint density at radius 2 is 1.03 bits per heavy atom. The van der Waals surface area contributed by atoms with Crippen molar-refractivity contribution in [2.24, 2.45) is 0 Å². The normalized spacial score (nSPS) is 10.9. The number of ether oxygens (including phenoxy) is 2. The molecule has 0 radical (unpaired) electrons. The number of rotatable bonds is 15. The monoisotopic (exact) mass is 507 g/mol. The van der Waals surface area contributed by atoms with Gasteiger partial charge in [-0.2, -0.15) is 0 Å². The summed E-state index contributed by atoms with van der Waals surface area (Å²) in [4.78, 5) is 4.49. The smallest absolute Gasteiger partial charge is 0.119 e. The first-order chi connectivity index (χ1) is 18.7. The molecule has 1 aromatic heterocycles. The van der Waals surface area contributed by atoms with E-state index >= 15 is 0 Å². The average molecular weight is 508 g/mol. The van der Waals surface area contributed by atoms with E-state index in [2.05, 4.69) is 104 Å². The number of nitrogens with zero attached hydrogens (tertiary/aromatic N) is 1. The summed E-state index contributed by atoms with van der Waals surface area (Å²) in [5.41, 5.74) is 7.53. The van der Waals surface area contributed by atoms with Gasteiger partial charge < -0.3 is 9.47 Å². The van der Waals surface area contributed by atoms with Crippen molar-refractivity contribution in [2.45, 2.75) is 65.2 Å². The summed E-state index contributed by atoms with van der Waals surface area (Å²) in [6, 6.07) is 29.9. The lowest BCUT2D eigenvalue weighted by Crippen LogP contribution is -2.00. The second kappa shape index (κ2) is 15.0. The summed E-state index contributed by atoms with van der Waals surface area (Å²) in [6.45, 7) is 5.72. The van der Waals surface area contributed by atoms with Crippen LogP contribution in [0.25, 0.3) is 11.1 Å². The molecule has 4 aromatic rings. The van der Waals surface area contributed by atoms with Gasteiger partial charge in [-0.1, -0.05) is 60.2 Å². The van der Waals surface area contributed by atoms with Gasteiger partial charge in [0, 0.05) is 11.9 Å². The molecule has 1 heterocycles. The molecule has 0 saturated carbocycles. The Morgan fingerprint density at radius 1 is 0.500 bits per heavy atom. The zero-order chi connectivity index (χ0) is 26.4. The Hall–Kier alpha value is -3.59. The molecule has 0 unspecified atom stereocenters. The Labute approximate surface area is 228 Å². The van der Waals surface area contributed by atoms with Crippen LogP contribution in [-0.4, -0.2) is 18.2 Å². The van der Waals surface area contributed by atoms with Crippen LogP contribution in [0, 0.1) is 13.8 Å². The molecule has 3 nitrogen and oxygen atoms in total. The van der Waals surface area contributed by atoms with Crippen LogP contribution in [0.5, 0.6) is 11.5 Å². The van der Waals surface area contributed by atoms with Crippen molar-refractivity contribution in [3.05, 3.63) is 114 Å². The highest BCUT2D eigenvalue weighted by Gasteiger charge is 2.01. The fraction of sp³-hybridized carbons (Fsp3) is 0.343. The van der Waals surface area contributed by atoms with Crippen molar-refractivity contribution in [3.8, 4) is 22.6 Å². The summed E-state index contributed by atoms with van der Waals surface area (Å²) in [5.74, 6) is 1.91. The zero-order valence-electron chi connectivity index (χ0n) is 23.0. The molecule has 0 amide bonds. The number of unbranched alkanes of at least 4 members (excludes halogenated alkanes) is 4. The molecule has 4 rings (SSSR count). The van der Waals surface area contributed by atoms with E-state index in [9.17, 15) is 0 Å². The second-order valence-corrected chi connectivity index (χ2v) is 10.2. The van der Waals surface area contributed by atoms with Gasteiger partial charge in [-0.25, -0.2) is 0 Å². The maximum atomic E-state index is 5.94. The SMILES string of the molecule is Cc1ccc(-c2ccc(OCCCCCCOc3ccc(CCCCc4ccc(C)cn4)cc3)cc2)cc1. The van der Waals surface area contributed by atoms with E-state index in [1.165, 1.54) is 46.4 Å². The van der Waals surface area contributed by atoms with Crippen LogP contribution in [0.15, 0.2) is 91.1 Å². The van der Waals surface area contributed by atoms with Gasteiger partial charge in [0.25, 0.3) is 0 Å². The van der Waals surface area contributed by atoms with Crippen LogP contribution in [0.4, 0.5) is 0 Å². The van der Waals surface area contributed by atoms with Crippen LogP contribution in [0.3, 0.4) is 0 Å². The number of hydrogen-bond acceptors (Lipinski definition) is 3. The summed E-state index contributed by atoms with van der Waals surface area (Å²) in [5, 5.41) is 0. The molecule has 0 aliphatic heterocycles. The summed E-state index contributed by atoms with van der Waals surface area (Å²) in [6.07, 6.45) is 10.9. The van der Waals surface area contributed by atoms with Crippen LogP contribution >= 0.6 is 0 Å². The molecule has 0 atom stereocenters. The van der Waals surface area contributed by atoms with Crippen LogP contribution < -0.4 is 9.47 Å². The second-order valence-electron chi connectivity index (χ2n) is 10.2. The minimum Gasteiger partial charge on any atom is -0.494 e. The van der Waals surface area contributed by atoms with E-state index in [1.54, 1.807) is 0 Å². The van der Waals surface area contributed by atoms with Crippen LogP contribution in [0.1, 0.15) is 60.9 Å². The highest BCUT2D eigenvalue weighted by Crippen LogP contribution is 2.23. The lowest BCUT2D eigenvalue weighted by molar-refractivity contribution is 0.287. The first-order valence-electron chi connectivity index (χ1n) is 14.1. The molecule has 0 saturated heterocycles. The molecule has 0 fully saturated rings. The summed E-state index contributed by atoms with van der Waals surface area (Å²) >= 11 is 0. The van der Waals surface area contributed by atoms with Crippen molar-refractivity contribution in [1.82, 2.24) is 4.98 Å². The van der Waals surface area contributed by atoms with E-state index in [4.69, 9.17) is 9.47 Å². The van der Waals surface area contributed by atoms with E-state index in [0.717, 1.165) is 63.2 Å². The van der Waals surface area contributed by atoms with Crippen LogP contribution in [0.2, 0.25) is 0 Å². The number of hydrogen-bond donors (Lipinski definition) is 0. The van der Waals surface area contributed by atoms with E-state index in [0.29, 0.717) is 0 Å². The van der Waals surface area contributed by atoms with Crippen molar-refractivity contribution in [3.63, 3.8) is 0 Å². The maximum Gasteiger partial charge on any atom is 0.119 e. The molecule has 198 valence electrons. The quantitative estimate of drug-likeness (QED) is 0.150. The third-order valence-corrected chi connectivity index (χ3v) is 6.86. The van der Waals surface area contributed by atoms with E-state index in [1.807, 2.05) is 6.20 Å². The first kappa shape index (κ1) is 27.4. The standard InChI is InChI=1S/C35H41NO2/c1-28-11-16-31(17-12-28)32-18-23-35(24-19-32)38-26-8-4-3-7-25-37-34-21-14-30(15-22-34)9-5-6-10-33-20-13-29(2)27-36-33/h11-24,27H,3-10,25-26H2,1-2H3. The number of benzene rings is 3. The minimum absolute atomic E-state index is 0.758. The van der Waals surface area contributed by atoms with Crippen molar-refractivity contribution >= 4 is 0 Å². The molecular weight excluding hydrogens is 466 g/mol. The minimum atomic E-state index is 0.758. The van der Waals surface area contributed by atoms with E-state index in [-0.39, 0.29) is 0 Å². The molecule has 0 N–H and O–H groups in total. The van der Waals surface area contributed by atoms with Gasteiger partial charge in [-0.15, -0.1) is 0 Å². The Balaban J connectivity index is 1.02. The average Bonchev–Trinajstić information content (AvgIpc) is 2.95. The highest BCUT2D eigenvalue weighted by molar-refractivity contribution is 5.64. The molecule has 0 spiro atoms. The number of aryl methyl sites for hydroxylation is 4. The third-order valence-electron chi connectivity index (χ3n) is 6.86. The van der Waals surface area contributed by atoms with E-state index < -0.39 is 0 Å². The Bertz CT molecular complexity index is 1200. The molecule has 38 heavy (non-hydrogen) atoms. The predicted octanol–water partition coefficient (Wildman–Crippen LogP) is 8.95. The highest BCUT2D eigenvalue weighted by atomic mass is 16.5. The fourth-order valence-electron chi connectivity index (χ4n) is 4.46. The van der Waals surface area contributed by atoms with Crippen molar-refractivity contribution in [2.75, 3.05) is 13.2 Å². The van der Waals surface area contributed by atoms with Gasteiger partial charge in [-0.05, 0) is 118 Å². The Kier molecular flexibility index (Phi) is 10.8. The van der Waals surface area contributed by atoms with Crippen molar-refractivity contribution < 1.29 is 9.47 Å². The summed E-state index contributed by atoms with van der Waals surface area (Å²) < 4.78 is 11.9. The predicted molar refractivity (Wildman–Crippen MR) is 158 cm³/mol. The molecule has 3 heteroatoms. The summed E-state index contributed by atoms with van der Waals surface area (Å²) in [7, 11) is 0. The van der Waals surface area contributed by atoms with Gasteiger partial charge in [-0.3, -0.25) is 4.98 Å². The molecule has 3 aromatic carbocycles. The largest absolute Gasteiger partial charge is 0.494 e.